The molecule has 0 bridgehead atoms. The van der Waals surface area contributed by atoms with Gasteiger partial charge >= 0.3 is 5.97 Å². The Morgan fingerprint density at radius 3 is 1.35 bits per heavy atom. The molecule has 5 rings (SSSR count). The number of benzene rings is 4. The average Bonchev–Trinajstić information content (AvgIpc) is 3.24. The van der Waals surface area contributed by atoms with Crippen molar-refractivity contribution in [2.75, 3.05) is 0 Å². The third-order valence-electron chi connectivity index (χ3n) is 5.35. The van der Waals surface area contributed by atoms with Crippen molar-refractivity contribution in [2.24, 2.45) is 4.99 Å². The summed E-state index contributed by atoms with van der Waals surface area (Å²) in [6.45, 7) is -2.56. The van der Waals surface area contributed by atoms with Crippen molar-refractivity contribution in [1.82, 2.24) is 0 Å². The van der Waals surface area contributed by atoms with Crippen LogP contribution in [0.1, 0.15) is 5.56 Å². The highest BCUT2D eigenvalue weighted by molar-refractivity contribution is 7.96. The van der Waals surface area contributed by atoms with E-state index in [0.29, 0.717) is 11.3 Å². The summed E-state index contributed by atoms with van der Waals surface area (Å²) in [7, 11) is 0. The predicted octanol–water partition coefficient (Wildman–Crippen LogP) is 4.11. The van der Waals surface area contributed by atoms with E-state index in [9.17, 15) is 4.79 Å². The Labute approximate surface area is 181 Å². The van der Waals surface area contributed by atoms with Crippen LogP contribution in [0.25, 0.3) is 0 Å². The number of hydrogen-bond acceptors (Lipinski definition) is 2. The van der Waals surface area contributed by atoms with Gasteiger partial charge in [0.2, 0.25) is 5.90 Å². The molecule has 0 saturated carbocycles. The van der Waals surface area contributed by atoms with E-state index in [1.165, 1.54) is 0 Å². The zero-order chi connectivity index (χ0) is 21.1. The summed E-state index contributed by atoms with van der Waals surface area (Å²) in [5, 5.41) is 3.20. The number of cyclic esters (lactones) is 1. The Bertz CT molecular complexity index is 1200. The molecule has 0 fully saturated rings. The number of esters is 1. The van der Waals surface area contributed by atoms with Crippen LogP contribution >= 0.6 is 6.89 Å². The summed E-state index contributed by atoms with van der Waals surface area (Å²) in [6, 6.07) is 40.1. The van der Waals surface area contributed by atoms with Crippen molar-refractivity contribution in [3.8, 4) is 0 Å². The zero-order valence-corrected chi connectivity index (χ0v) is 17.7. The maximum Gasteiger partial charge on any atom is 0.364 e. The normalized spacial score (nSPS) is 13.6. The summed E-state index contributed by atoms with van der Waals surface area (Å²) in [5.41, 5.74) is 1.26. The number of nitrogens with zero attached hydrogens (tertiary/aromatic N) is 1. The molecule has 1 heterocycles. The van der Waals surface area contributed by atoms with E-state index >= 15 is 0 Å². The molecule has 0 radical (unpaired) electrons. The van der Waals surface area contributed by atoms with Crippen LogP contribution in [0.5, 0.6) is 0 Å². The third kappa shape index (κ3) is 3.34. The number of rotatable bonds is 4. The molecule has 1 aliphatic rings. The van der Waals surface area contributed by atoms with Gasteiger partial charge < -0.3 is 4.74 Å². The first-order chi connectivity index (χ1) is 15.3. The number of aliphatic imine (C=N–C) groups is 1. The van der Waals surface area contributed by atoms with Crippen molar-refractivity contribution < 1.29 is 9.53 Å². The van der Waals surface area contributed by atoms with E-state index in [1.807, 2.05) is 84.9 Å². The molecule has 0 atom stereocenters. The first-order valence-corrected chi connectivity index (χ1v) is 11.9. The summed E-state index contributed by atoms with van der Waals surface area (Å²) in [4.78, 5) is 18.2. The lowest BCUT2D eigenvalue weighted by molar-refractivity contribution is -0.127. The van der Waals surface area contributed by atoms with Gasteiger partial charge in [0.1, 0.15) is 0 Å². The average molecular weight is 421 g/mol. The van der Waals surface area contributed by atoms with Crippen molar-refractivity contribution in [3.05, 3.63) is 127 Å². The molecular formula is C27H20NO2P. The van der Waals surface area contributed by atoms with Crippen LogP contribution in [-0.4, -0.2) is 17.3 Å². The minimum absolute atomic E-state index is 0.354. The minimum atomic E-state index is -2.56. The van der Waals surface area contributed by atoms with Gasteiger partial charge in [0.25, 0.3) is 0 Å². The molecule has 0 aliphatic carbocycles. The minimum Gasteiger partial charge on any atom is -0.402 e. The summed E-state index contributed by atoms with van der Waals surface area (Å²) < 4.78 is 5.73. The molecule has 4 aromatic carbocycles. The highest BCUT2D eigenvalue weighted by Crippen LogP contribution is 2.47. The Hall–Kier alpha value is -3.68. The summed E-state index contributed by atoms with van der Waals surface area (Å²) >= 11 is 0. The van der Waals surface area contributed by atoms with Crippen molar-refractivity contribution >= 4 is 40.1 Å². The van der Waals surface area contributed by atoms with Gasteiger partial charge in [-0.05, 0) is 28.0 Å². The van der Waals surface area contributed by atoms with Crippen LogP contribution in [0.2, 0.25) is 0 Å². The maximum atomic E-state index is 13.4. The van der Waals surface area contributed by atoms with Gasteiger partial charge in [-0.3, -0.25) is 0 Å². The van der Waals surface area contributed by atoms with E-state index < -0.39 is 6.89 Å². The SMILES string of the molecule is O=C1OC(c2ccccc2)=NC1=P(c1ccccc1)(c1ccccc1)c1ccccc1. The van der Waals surface area contributed by atoms with Gasteiger partial charge in [-0.15, -0.1) is 0 Å². The molecule has 0 aromatic heterocycles. The molecule has 0 amide bonds. The van der Waals surface area contributed by atoms with Gasteiger partial charge in [-0.25, -0.2) is 9.79 Å². The van der Waals surface area contributed by atoms with E-state index in [1.54, 1.807) is 0 Å². The fourth-order valence-corrected chi connectivity index (χ4v) is 8.03. The standard InChI is InChI=1S/C27H20NO2P/c29-27-26(28-25(30-27)21-13-5-1-6-14-21)31(22-15-7-2-8-16-22,23-17-9-3-10-18-23)24-19-11-4-12-20-24/h1-20H. The van der Waals surface area contributed by atoms with Crippen LogP contribution in [0.4, 0.5) is 0 Å². The highest BCUT2D eigenvalue weighted by Gasteiger charge is 2.38. The van der Waals surface area contributed by atoms with Gasteiger partial charge in [0, 0.05) is 12.4 Å². The monoisotopic (exact) mass is 421 g/mol. The zero-order valence-electron chi connectivity index (χ0n) is 16.8. The van der Waals surface area contributed by atoms with Crippen molar-refractivity contribution in [2.45, 2.75) is 0 Å². The number of carbonyl (C=O) groups excluding carboxylic acids is 1. The van der Waals surface area contributed by atoms with E-state index in [4.69, 9.17) is 9.73 Å². The van der Waals surface area contributed by atoms with Crippen LogP contribution in [-0.2, 0) is 9.53 Å². The first kappa shape index (κ1) is 19.3. The number of carbonyl (C=O) groups is 1. The smallest absolute Gasteiger partial charge is 0.364 e. The van der Waals surface area contributed by atoms with Crippen LogP contribution < -0.4 is 15.9 Å². The van der Waals surface area contributed by atoms with Crippen molar-refractivity contribution in [3.63, 3.8) is 0 Å². The maximum absolute atomic E-state index is 13.4. The predicted molar refractivity (Wildman–Crippen MR) is 129 cm³/mol. The van der Waals surface area contributed by atoms with Gasteiger partial charge in [-0.2, -0.15) is 0 Å². The summed E-state index contributed by atoms with van der Waals surface area (Å²) in [5.74, 6) is -0.0310. The molecular weight excluding hydrogens is 401 g/mol. The Kier molecular flexibility index (Phi) is 5.11. The topological polar surface area (TPSA) is 38.7 Å². The lowest BCUT2D eigenvalue weighted by atomic mass is 10.2. The molecule has 4 aromatic rings. The van der Waals surface area contributed by atoms with E-state index in [2.05, 4.69) is 36.4 Å². The van der Waals surface area contributed by atoms with E-state index in [-0.39, 0.29) is 5.97 Å². The molecule has 4 heteroatoms. The molecule has 0 N–H and O–H groups in total. The second kappa shape index (κ2) is 8.22. The molecule has 3 nitrogen and oxygen atoms in total. The quantitative estimate of drug-likeness (QED) is 0.367. The summed E-state index contributed by atoms with van der Waals surface area (Å²) in [6.07, 6.45) is 0. The van der Waals surface area contributed by atoms with Crippen molar-refractivity contribution in [1.29, 1.82) is 0 Å². The number of hydrogen-bond donors (Lipinski definition) is 0. The fraction of sp³-hybridized carbons (Fsp3) is 0. The number of ether oxygens (including phenoxy) is 1. The Balaban J connectivity index is 1.93. The largest absolute Gasteiger partial charge is 0.402 e. The lowest BCUT2D eigenvalue weighted by Crippen LogP contribution is -2.31. The third-order valence-corrected chi connectivity index (χ3v) is 9.48. The second-order valence-electron chi connectivity index (χ2n) is 7.17. The van der Waals surface area contributed by atoms with Gasteiger partial charge in [0.15, 0.2) is 5.42 Å². The Morgan fingerprint density at radius 2 is 0.935 bits per heavy atom. The Morgan fingerprint density at radius 1 is 0.548 bits per heavy atom. The molecule has 0 saturated heterocycles. The van der Waals surface area contributed by atoms with Gasteiger partial charge in [0.05, 0.1) is 0 Å². The second-order valence-corrected chi connectivity index (χ2v) is 10.5. The van der Waals surface area contributed by atoms with Gasteiger partial charge in [-0.1, -0.05) is 109 Å². The van der Waals surface area contributed by atoms with Crippen LogP contribution in [0.15, 0.2) is 126 Å². The van der Waals surface area contributed by atoms with Crippen LogP contribution in [0.3, 0.4) is 0 Å². The van der Waals surface area contributed by atoms with E-state index in [0.717, 1.165) is 21.5 Å². The molecule has 0 unspecified atom stereocenters. The lowest BCUT2D eigenvalue weighted by Gasteiger charge is -2.28. The highest BCUT2D eigenvalue weighted by atomic mass is 31.2. The molecule has 150 valence electrons. The van der Waals surface area contributed by atoms with Crippen LogP contribution in [0, 0.1) is 0 Å². The first-order valence-electron chi connectivity index (χ1n) is 10.1. The fourth-order valence-electron chi connectivity index (χ4n) is 3.98. The molecule has 31 heavy (non-hydrogen) atoms. The molecule has 0 spiro atoms. The molecule has 1 aliphatic heterocycles.